The van der Waals surface area contributed by atoms with Crippen LogP contribution in [0.5, 0.6) is 0 Å². The summed E-state index contributed by atoms with van der Waals surface area (Å²) in [6.45, 7) is 4.37. The highest BCUT2D eigenvalue weighted by atomic mass is 16.4. The molecule has 1 fully saturated rings. The van der Waals surface area contributed by atoms with Crippen molar-refractivity contribution in [2.24, 2.45) is 5.92 Å². The minimum atomic E-state index is -0.921. The van der Waals surface area contributed by atoms with Gasteiger partial charge in [-0.3, -0.25) is 4.79 Å². The number of benzene rings is 2. The third-order valence-electron chi connectivity index (χ3n) is 4.58. The maximum atomic E-state index is 11.9. The van der Waals surface area contributed by atoms with E-state index >= 15 is 0 Å². The molecule has 130 valence electrons. The van der Waals surface area contributed by atoms with Crippen LogP contribution in [0.4, 0.5) is 11.4 Å². The van der Waals surface area contributed by atoms with Crippen LogP contribution in [0.25, 0.3) is 0 Å². The van der Waals surface area contributed by atoms with Gasteiger partial charge in [-0.15, -0.1) is 0 Å². The van der Waals surface area contributed by atoms with Gasteiger partial charge in [0.25, 0.3) is 0 Å². The molecule has 2 unspecified atom stereocenters. The molecule has 2 atom stereocenters. The SMILES string of the molecule is CC(=O)N(c1ccc(NCc2ccc(C(=O)O)cc2)cc1)C1CC1C. The third kappa shape index (κ3) is 3.99. The van der Waals surface area contributed by atoms with Gasteiger partial charge in [0.05, 0.1) is 5.56 Å². The maximum Gasteiger partial charge on any atom is 0.335 e. The molecule has 0 heterocycles. The van der Waals surface area contributed by atoms with Gasteiger partial charge in [0, 0.05) is 30.9 Å². The quantitative estimate of drug-likeness (QED) is 0.841. The van der Waals surface area contributed by atoms with Crippen LogP contribution in [-0.4, -0.2) is 23.0 Å². The number of nitrogens with one attached hydrogen (secondary N) is 1. The monoisotopic (exact) mass is 338 g/mol. The highest BCUT2D eigenvalue weighted by Gasteiger charge is 2.40. The predicted molar refractivity (Wildman–Crippen MR) is 97.9 cm³/mol. The first-order chi connectivity index (χ1) is 12.0. The van der Waals surface area contributed by atoms with E-state index in [1.165, 1.54) is 0 Å². The van der Waals surface area contributed by atoms with E-state index in [4.69, 9.17) is 5.11 Å². The number of rotatable bonds is 6. The number of hydrogen-bond acceptors (Lipinski definition) is 3. The van der Waals surface area contributed by atoms with E-state index < -0.39 is 5.97 Å². The fourth-order valence-corrected chi connectivity index (χ4v) is 2.98. The fourth-order valence-electron chi connectivity index (χ4n) is 2.98. The van der Waals surface area contributed by atoms with Gasteiger partial charge in [-0.1, -0.05) is 19.1 Å². The molecule has 5 heteroatoms. The van der Waals surface area contributed by atoms with E-state index in [1.54, 1.807) is 31.2 Å². The standard InChI is InChI=1S/C20H22N2O3/c1-13-11-19(13)22(14(2)23)18-9-7-17(8-10-18)21-12-15-3-5-16(6-4-15)20(24)25/h3-10,13,19,21H,11-12H2,1-2H3,(H,24,25). The van der Waals surface area contributed by atoms with Crippen molar-refractivity contribution in [1.29, 1.82) is 0 Å². The third-order valence-corrected chi connectivity index (χ3v) is 4.58. The number of hydrogen-bond donors (Lipinski definition) is 2. The zero-order valence-corrected chi connectivity index (χ0v) is 14.4. The van der Waals surface area contributed by atoms with E-state index in [0.717, 1.165) is 23.4 Å². The van der Waals surface area contributed by atoms with Crippen LogP contribution >= 0.6 is 0 Å². The van der Waals surface area contributed by atoms with Crippen molar-refractivity contribution in [3.63, 3.8) is 0 Å². The Balaban J connectivity index is 1.62. The summed E-state index contributed by atoms with van der Waals surface area (Å²) >= 11 is 0. The van der Waals surface area contributed by atoms with Crippen molar-refractivity contribution in [3.8, 4) is 0 Å². The Labute approximate surface area is 147 Å². The summed E-state index contributed by atoms with van der Waals surface area (Å²) in [6, 6.07) is 15.0. The second-order valence-corrected chi connectivity index (χ2v) is 6.57. The van der Waals surface area contributed by atoms with Crippen molar-refractivity contribution in [3.05, 3.63) is 59.7 Å². The van der Waals surface area contributed by atoms with Crippen LogP contribution in [0.15, 0.2) is 48.5 Å². The van der Waals surface area contributed by atoms with Crippen LogP contribution in [0, 0.1) is 5.92 Å². The molecular formula is C20H22N2O3. The van der Waals surface area contributed by atoms with Crippen LogP contribution in [0.1, 0.15) is 36.2 Å². The highest BCUT2D eigenvalue weighted by Crippen LogP contribution is 2.38. The lowest BCUT2D eigenvalue weighted by molar-refractivity contribution is -0.116. The van der Waals surface area contributed by atoms with Crippen molar-refractivity contribution in [1.82, 2.24) is 0 Å². The van der Waals surface area contributed by atoms with E-state index in [-0.39, 0.29) is 11.5 Å². The average molecular weight is 338 g/mol. The molecule has 0 spiro atoms. The lowest BCUT2D eigenvalue weighted by atomic mass is 10.1. The van der Waals surface area contributed by atoms with Crippen LogP contribution < -0.4 is 10.2 Å². The molecular weight excluding hydrogens is 316 g/mol. The Morgan fingerprint density at radius 2 is 1.72 bits per heavy atom. The first-order valence-electron chi connectivity index (χ1n) is 8.41. The summed E-state index contributed by atoms with van der Waals surface area (Å²) in [5.41, 5.74) is 3.18. The fraction of sp³-hybridized carbons (Fsp3) is 0.300. The number of carboxylic acids is 1. The molecule has 1 aliphatic rings. The van der Waals surface area contributed by atoms with Gasteiger partial charge in [0.15, 0.2) is 0 Å². The summed E-state index contributed by atoms with van der Waals surface area (Å²) in [7, 11) is 0. The number of carbonyl (C=O) groups is 2. The van der Waals surface area contributed by atoms with Gasteiger partial charge in [0.1, 0.15) is 0 Å². The molecule has 1 aliphatic carbocycles. The summed E-state index contributed by atoms with van der Waals surface area (Å²) in [5, 5.41) is 12.2. The Hall–Kier alpha value is -2.82. The molecule has 0 radical (unpaired) electrons. The molecule has 5 nitrogen and oxygen atoms in total. The number of anilines is 2. The largest absolute Gasteiger partial charge is 0.478 e. The smallest absolute Gasteiger partial charge is 0.335 e. The van der Waals surface area contributed by atoms with E-state index in [0.29, 0.717) is 18.5 Å². The lowest BCUT2D eigenvalue weighted by Gasteiger charge is -2.21. The van der Waals surface area contributed by atoms with Crippen LogP contribution in [-0.2, 0) is 11.3 Å². The van der Waals surface area contributed by atoms with Crippen molar-refractivity contribution in [2.45, 2.75) is 32.9 Å². The molecule has 2 N–H and O–H groups in total. The summed E-state index contributed by atoms with van der Waals surface area (Å²) in [5.74, 6) is -0.279. The van der Waals surface area contributed by atoms with Gasteiger partial charge in [0.2, 0.25) is 5.91 Å². The Bertz CT molecular complexity index is 769. The number of carboxylic acid groups (broad SMARTS) is 1. The number of nitrogens with zero attached hydrogens (tertiary/aromatic N) is 1. The number of aromatic carboxylic acids is 1. The molecule has 3 rings (SSSR count). The second-order valence-electron chi connectivity index (χ2n) is 6.57. The Morgan fingerprint density at radius 3 is 2.20 bits per heavy atom. The summed E-state index contributed by atoms with van der Waals surface area (Å²) in [6.07, 6.45) is 1.06. The number of amides is 1. The second kappa shape index (κ2) is 6.97. The molecule has 0 bridgehead atoms. The zero-order chi connectivity index (χ0) is 18.0. The maximum absolute atomic E-state index is 11.9. The molecule has 2 aromatic rings. The van der Waals surface area contributed by atoms with Crippen molar-refractivity contribution >= 4 is 23.3 Å². The number of carbonyl (C=O) groups excluding carboxylic acids is 1. The van der Waals surface area contributed by atoms with Crippen molar-refractivity contribution < 1.29 is 14.7 Å². The predicted octanol–water partition coefficient (Wildman–Crippen LogP) is 3.76. The van der Waals surface area contributed by atoms with E-state index in [2.05, 4.69) is 12.2 Å². The van der Waals surface area contributed by atoms with Crippen molar-refractivity contribution in [2.75, 3.05) is 10.2 Å². The molecule has 0 aromatic heterocycles. The molecule has 0 saturated heterocycles. The molecule has 2 aromatic carbocycles. The van der Waals surface area contributed by atoms with Gasteiger partial charge >= 0.3 is 5.97 Å². The minimum absolute atomic E-state index is 0.0774. The Morgan fingerprint density at radius 1 is 1.12 bits per heavy atom. The lowest BCUT2D eigenvalue weighted by Crippen LogP contribution is -2.31. The normalized spacial score (nSPS) is 18.5. The highest BCUT2D eigenvalue weighted by molar-refractivity contribution is 5.93. The Kier molecular flexibility index (Phi) is 4.74. The molecule has 1 saturated carbocycles. The van der Waals surface area contributed by atoms with Gasteiger partial charge in [-0.2, -0.15) is 0 Å². The van der Waals surface area contributed by atoms with Crippen LogP contribution in [0.2, 0.25) is 0 Å². The molecule has 1 amide bonds. The van der Waals surface area contributed by atoms with E-state index in [1.807, 2.05) is 29.2 Å². The molecule has 25 heavy (non-hydrogen) atoms. The van der Waals surface area contributed by atoms with Gasteiger partial charge < -0.3 is 15.3 Å². The van der Waals surface area contributed by atoms with Gasteiger partial charge in [-0.05, 0) is 54.3 Å². The zero-order valence-electron chi connectivity index (χ0n) is 14.4. The average Bonchev–Trinajstić information content (AvgIpc) is 3.30. The summed E-state index contributed by atoms with van der Waals surface area (Å²) in [4.78, 5) is 24.6. The van der Waals surface area contributed by atoms with Crippen LogP contribution in [0.3, 0.4) is 0 Å². The van der Waals surface area contributed by atoms with E-state index in [9.17, 15) is 9.59 Å². The topological polar surface area (TPSA) is 69.6 Å². The summed E-state index contributed by atoms with van der Waals surface area (Å²) < 4.78 is 0. The van der Waals surface area contributed by atoms with Gasteiger partial charge in [-0.25, -0.2) is 4.79 Å². The minimum Gasteiger partial charge on any atom is -0.478 e. The first kappa shape index (κ1) is 17.0. The first-order valence-corrected chi connectivity index (χ1v) is 8.41. The molecule has 0 aliphatic heterocycles.